The number of methoxy groups -OCH3 is 2. The molecule has 3 saturated carbocycles. The Bertz CT molecular complexity index is 2020. The Morgan fingerprint density at radius 3 is 2.17 bits per heavy atom. The van der Waals surface area contributed by atoms with Gasteiger partial charge >= 0.3 is 0 Å². The summed E-state index contributed by atoms with van der Waals surface area (Å²) in [5.41, 5.74) is 5.00. The molecule has 8 nitrogen and oxygen atoms in total. The molecule has 4 aliphatic carbocycles. The summed E-state index contributed by atoms with van der Waals surface area (Å²) in [6.07, 6.45) is 16.0. The standard InChI is InChI=1S/C55H74N2O6/c1-37(2)12-11-13-38(3)49-26-27-50-48-25-20-42-32-43(28-30-53(42,4)51(48)29-31-54(49,50)5)56-63-36-52(59)57-34-45(58)33-44(57)35-62-55(39-14-9-8-10-15-39,40-16-21-46(60-6)22-17-40)41-18-23-47(61-7)24-19-41/h8-10,14-24,37-38,44-45,48-51,58H,11-13,25-36H2,1-7H3/b56-43+/t38-,44+,45-,48+,49-,50+,51+,53+,54-/m1/s1. The van der Waals surface area contributed by atoms with Gasteiger partial charge in [-0.05, 0) is 139 Å². The summed E-state index contributed by atoms with van der Waals surface area (Å²) >= 11 is 0. The van der Waals surface area contributed by atoms with Crippen LogP contribution in [0, 0.1) is 46.3 Å². The normalized spacial score (nSPS) is 30.3. The van der Waals surface area contributed by atoms with Gasteiger partial charge < -0.3 is 29.1 Å². The number of amides is 1. The molecule has 1 amide bonds. The van der Waals surface area contributed by atoms with Crippen LogP contribution in [0.3, 0.4) is 0 Å². The lowest BCUT2D eigenvalue weighted by molar-refractivity contribution is -0.139. The number of likely N-dealkylation sites (tertiary alicyclic amines) is 1. The fourth-order valence-electron chi connectivity index (χ4n) is 13.5. The molecule has 3 aromatic rings. The van der Waals surface area contributed by atoms with Crippen LogP contribution >= 0.6 is 0 Å². The number of fused-ring (bicyclic) bond motifs is 5. The van der Waals surface area contributed by atoms with E-state index in [1.807, 2.05) is 66.7 Å². The van der Waals surface area contributed by atoms with Crippen LogP contribution in [0.1, 0.15) is 128 Å². The zero-order chi connectivity index (χ0) is 44.4. The number of nitrogens with zero attached hydrogens (tertiary/aromatic N) is 2. The van der Waals surface area contributed by atoms with Crippen molar-refractivity contribution in [1.29, 1.82) is 0 Å². The monoisotopic (exact) mass is 859 g/mol. The van der Waals surface area contributed by atoms with Gasteiger partial charge in [-0.1, -0.05) is 125 Å². The van der Waals surface area contributed by atoms with Crippen molar-refractivity contribution < 1.29 is 28.9 Å². The minimum Gasteiger partial charge on any atom is -0.497 e. The number of hydrogen-bond acceptors (Lipinski definition) is 7. The van der Waals surface area contributed by atoms with Gasteiger partial charge in [0.05, 0.1) is 38.7 Å². The molecule has 4 fully saturated rings. The lowest BCUT2D eigenvalue weighted by Gasteiger charge is -2.58. The van der Waals surface area contributed by atoms with E-state index in [0.29, 0.717) is 11.8 Å². The fraction of sp³-hybridized carbons (Fsp3) is 0.600. The summed E-state index contributed by atoms with van der Waals surface area (Å²) in [5, 5.41) is 15.6. The number of β-amino-alcohol motifs (C(OH)–C–C–N with tert-alkyl or cyclic N) is 1. The highest BCUT2D eigenvalue weighted by atomic mass is 16.6. The molecule has 8 heteroatoms. The third-order valence-electron chi connectivity index (χ3n) is 16.9. The number of aliphatic hydroxyl groups is 1. The number of carbonyl (C=O) groups is 1. The van der Waals surface area contributed by atoms with Crippen LogP contribution < -0.4 is 9.47 Å². The Morgan fingerprint density at radius 1 is 0.857 bits per heavy atom. The number of aliphatic hydroxyl groups excluding tert-OH is 1. The van der Waals surface area contributed by atoms with Crippen molar-refractivity contribution in [2.75, 3.05) is 34.0 Å². The van der Waals surface area contributed by atoms with Crippen molar-refractivity contribution in [3.63, 3.8) is 0 Å². The zero-order valence-electron chi connectivity index (χ0n) is 39.2. The molecule has 1 N–H and O–H groups in total. The molecule has 0 aromatic heterocycles. The van der Waals surface area contributed by atoms with E-state index >= 15 is 0 Å². The van der Waals surface area contributed by atoms with Gasteiger partial charge in [-0.25, -0.2) is 0 Å². The van der Waals surface area contributed by atoms with Crippen LogP contribution in [-0.2, 0) is 20.0 Å². The lowest BCUT2D eigenvalue weighted by atomic mass is 9.47. The Labute approximate surface area is 377 Å². The SMILES string of the molecule is COc1ccc(C(OC[C@@H]2C[C@@H](O)CN2C(=O)CO/N=C2\CC[C@@]3(C)C(=CC[C@H]4[C@@H]5CC[C@H]([C@H](C)CCCC(C)C)[C@@]5(C)CC[C@@H]43)C2)(c2ccccc2)c2ccc(OC)cc2)cc1. The predicted octanol–water partition coefficient (Wildman–Crippen LogP) is 11.4. The zero-order valence-corrected chi connectivity index (χ0v) is 39.2. The molecule has 0 radical (unpaired) electrons. The molecule has 1 saturated heterocycles. The van der Waals surface area contributed by atoms with Gasteiger partial charge in [0.15, 0.2) is 6.61 Å². The molecular formula is C55H74N2O6. The first kappa shape index (κ1) is 45.4. The lowest BCUT2D eigenvalue weighted by Crippen LogP contribution is -2.50. The number of hydrogen-bond donors (Lipinski definition) is 1. The molecule has 3 aromatic carbocycles. The number of rotatable bonds is 16. The van der Waals surface area contributed by atoms with Gasteiger partial charge in [-0.15, -0.1) is 0 Å². The largest absolute Gasteiger partial charge is 0.497 e. The van der Waals surface area contributed by atoms with Crippen LogP contribution in [0.4, 0.5) is 0 Å². The van der Waals surface area contributed by atoms with Gasteiger partial charge in [-0.3, -0.25) is 4.79 Å². The van der Waals surface area contributed by atoms with Crippen molar-refractivity contribution in [1.82, 2.24) is 4.90 Å². The maximum absolute atomic E-state index is 13.9. The summed E-state index contributed by atoms with van der Waals surface area (Å²) in [7, 11) is 3.31. The Morgan fingerprint density at radius 2 is 1.52 bits per heavy atom. The van der Waals surface area contributed by atoms with E-state index < -0.39 is 11.7 Å². The minimum absolute atomic E-state index is 0.175. The number of carbonyl (C=O) groups excluding carboxylic acids is 1. The topological polar surface area (TPSA) is 89.8 Å². The highest BCUT2D eigenvalue weighted by Crippen LogP contribution is 2.67. The molecular weight excluding hydrogens is 785 g/mol. The number of oxime groups is 1. The van der Waals surface area contributed by atoms with E-state index in [1.54, 1.807) is 24.7 Å². The van der Waals surface area contributed by atoms with E-state index in [9.17, 15) is 9.90 Å². The number of allylic oxidation sites excluding steroid dienone is 2. The molecule has 5 aliphatic rings. The molecule has 1 aliphatic heterocycles. The van der Waals surface area contributed by atoms with E-state index in [-0.39, 0.29) is 37.1 Å². The van der Waals surface area contributed by atoms with Crippen molar-refractivity contribution in [2.45, 2.75) is 129 Å². The molecule has 0 bridgehead atoms. The first-order valence-corrected chi connectivity index (χ1v) is 24.2. The smallest absolute Gasteiger partial charge is 0.263 e. The van der Waals surface area contributed by atoms with Gasteiger partial charge in [0.1, 0.15) is 17.1 Å². The summed E-state index contributed by atoms with van der Waals surface area (Å²) in [6, 6.07) is 25.6. The highest BCUT2D eigenvalue weighted by Gasteiger charge is 2.59. The summed E-state index contributed by atoms with van der Waals surface area (Å²) in [5.74, 6) is 6.15. The molecule has 63 heavy (non-hydrogen) atoms. The molecule has 0 spiro atoms. The third-order valence-corrected chi connectivity index (χ3v) is 16.9. The van der Waals surface area contributed by atoms with Gasteiger partial charge in [0.25, 0.3) is 5.91 Å². The van der Waals surface area contributed by atoms with Crippen molar-refractivity contribution in [3.05, 3.63) is 107 Å². The van der Waals surface area contributed by atoms with Crippen LogP contribution in [0.25, 0.3) is 0 Å². The van der Waals surface area contributed by atoms with Crippen molar-refractivity contribution in [2.24, 2.45) is 51.5 Å². The van der Waals surface area contributed by atoms with Gasteiger partial charge in [-0.2, -0.15) is 0 Å². The average molecular weight is 859 g/mol. The summed E-state index contributed by atoms with van der Waals surface area (Å²) in [6.45, 7) is 12.8. The van der Waals surface area contributed by atoms with E-state index in [0.717, 1.165) is 88.7 Å². The second-order valence-corrected chi connectivity index (χ2v) is 20.8. The van der Waals surface area contributed by atoms with E-state index in [2.05, 4.69) is 58.0 Å². The third kappa shape index (κ3) is 8.97. The van der Waals surface area contributed by atoms with Gasteiger partial charge in [0.2, 0.25) is 0 Å². The average Bonchev–Trinajstić information content (AvgIpc) is 3.86. The fourth-order valence-corrected chi connectivity index (χ4v) is 13.5. The maximum Gasteiger partial charge on any atom is 0.263 e. The molecule has 0 unspecified atom stereocenters. The second kappa shape index (κ2) is 19.1. The van der Waals surface area contributed by atoms with Crippen molar-refractivity contribution in [3.8, 4) is 11.5 Å². The molecule has 1 heterocycles. The summed E-state index contributed by atoms with van der Waals surface area (Å²) in [4.78, 5) is 21.6. The van der Waals surface area contributed by atoms with Crippen LogP contribution in [-0.4, -0.2) is 67.7 Å². The van der Waals surface area contributed by atoms with Crippen LogP contribution in [0.5, 0.6) is 11.5 Å². The quantitative estimate of drug-likeness (QED) is 0.0877. The Kier molecular flexibility index (Phi) is 13.8. The highest BCUT2D eigenvalue weighted by molar-refractivity contribution is 5.88. The first-order valence-electron chi connectivity index (χ1n) is 24.2. The van der Waals surface area contributed by atoms with Crippen LogP contribution in [0.15, 0.2) is 95.7 Å². The summed E-state index contributed by atoms with van der Waals surface area (Å²) < 4.78 is 18.2. The second-order valence-electron chi connectivity index (χ2n) is 20.8. The molecule has 340 valence electrons. The van der Waals surface area contributed by atoms with E-state index in [4.69, 9.17) is 19.0 Å². The Hall–Kier alpha value is -4.14. The van der Waals surface area contributed by atoms with E-state index in [1.165, 1.54) is 51.4 Å². The number of benzene rings is 3. The number of ether oxygens (including phenoxy) is 3. The Balaban J connectivity index is 0.926. The predicted molar refractivity (Wildman–Crippen MR) is 251 cm³/mol. The van der Waals surface area contributed by atoms with Crippen molar-refractivity contribution >= 4 is 11.6 Å². The molecule has 9 atom stereocenters. The maximum atomic E-state index is 13.9. The first-order chi connectivity index (χ1) is 30.4. The minimum atomic E-state index is -1.03. The van der Waals surface area contributed by atoms with Gasteiger partial charge in [0, 0.05) is 13.0 Å². The molecule has 8 rings (SSSR count). The van der Waals surface area contributed by atoms with Crippen LogP contribution in [0.2, 0.25) is 0 Å².